The monoisotopic (exact) mass is 238 g/mol. The molecule has 0 fully saturated rings. The molecule has 0 atom stereocenters. The van der Waals surface area contributed by atoms with Gasteiger partial charge in [-0.1, -0.05) is 60.3 Å². The molecule has 0 saturated heterocycles. The van der Waals surface area contributed by atoms with Crippen molar-refractivity contribution in [2.24, 2.45) is 0 Å². The molecular weight excluding hydrogens is 228 g/mol. The second-order valence-electron chi connectivity index (χ2n) is 4.51. The molecule has 17 heavy (non-hydrogen) atoms. The fraction of sp³-hybridized carbons (Fsp3) is 0.133. The Morgan fingerprint density at radius 2 is 1.24 bits per heavy atom. The van der Waals surface area contributed by atoms with Crippen molar-refractivity contribution in [3.63, 3.8) is 0 Å². The van der Waals surface area contributed by atoms with E-state index in [0.717, 1.165) is 0 Å². The zero-order valence-electron chi connectivity index (χ0n) is 9.09. The smallest absolute Gasteiger partial charge is 0.201 e. The van der Waals surface area contributed by atoms with Gasteiger partial charge < -0.3 is 0 Å². The first-order valence-electron chi connectivity index (χ1n) is 5.74. The molecule has 2 bridgehead atoms. The lowest BCUT2D eigenvalue weighted by molar-refractivity contribution is -0.111. The van der Waals surface area contributed by atoms with E-state index < -0.39 is 0 Å². The summed E-state index contributed by atoms with van der Waals surface area (Å²) in [6.45, 7) is 0. The third kappa shape index (κ3) is 1.14. The van der Waals surface area contributed by atoms with Crippen molar-refractivity contribution in [1.82, 2.24) is 0 Å². The van der Waals surface area contributed by atoms with Gasteiger partial charge in [0.1, 0.15) is 0 Å². The molecule has 0 saturated carbocycles. The van der Waals surface area contributed by atoms with Crippen LogP contribution < -0.4 is 0 Å². The Morgan fingerprint density at radius 1 is 0.765 bits per heavy atom. The van der Waals surface area contributed by atoms with E-state index in [0.29, 0.717) is 5.12 Å². The Morgan fingerprint density at radius 3 is 1.76 bits per heavy atom. The van der Waals surface area contributed by atoms with Gasteiger partial charge in [-0.15, -0.1) is 0 Å². The van der Waals surface area contributed by atoms with Crippen LogP contribution in [0.5, 0.6) is 0 Å². The van der Waals surface area contributed by atoms with E-state index in [1.165, 1.54) is 34.0 Å². The van der Waals surface area contributed by atoms with Gasteiger partial charge in [0.2, 0.25) is 5.12 Å². The summed E-state index contributed by atoms with van der Waals surface area (Å²) in [5.74, 6) is -0.0441. The summed E-state index contributed by atoms with van der Waals surface area (Å²) < 4.78 is 0. The van der Waals surface area contributed by atoms with Crippen LogP contribution in [0.15, 0.2) is 48.5 Å². The third-order valence-electron chi connectivity index (χ3n) is 3.65. The van der Waals surface area contributed by atoms with Gasteiger partial charge in [0.15, 0.2) is 0 Å². The van der Waals surface area contributed by atoms with Crippen LogP contribution in [-0.2, 0) is 4.79 Å². The van der Waals surface area contributed by atoms with E-state index in [2.05, 4.69) is 36.4 Å². The molecule has 3 aliphatic rings. The van der Waals surface area contributed by atoms with Crippen LogP contribution >= 0.6 is 11.8 Å². The summed E-state index contributed by atoms with van der Waals surface area (Å²) in [7, 11) is 0. The Labute approximate surface area is 104 Å². The van der Waals surface area contributed by atoms with Crippen LogP contribution in [0.3, 0.4) is 0 Å². The van der Waals surface area contributed by atoms with E-state index in [9.17, 15) is 4.79 Å². The molecule has 0 unspecified atom stereocenters. The first-order chi connectivity index (χ1) is 8.36. The number of thioether (sulfide) groups is 1. The first-order valence-corrected chi connectivity index (χ1v) is 6.62. The Balaban J connectivity index is 2.08. The van der Waals surface area contributed by atoms with Crippen molar-refractivity contribution < 1.29 is 4.79 Å². The number of fused-ring (bicyclic) bond motifs is 1. The van der Waals surface area contributed by atoms with Gasteiger partial charge in [-0.25, -0.2) is 0 Å². The average molecular weight is 238 g/mol. The normalized spacial score (nSPS) is 24.4. The molecule has 0 N–H and O–H groups in total. The molecule has 0 aromatic heterocycles. The quantitative estimate of drug-likeness (QED) is 0.698. The van der Waals surface area contributed by atoms with Crippen LogP contribution in [0.1, 0.15) is 33.4 Å². The fourth-order valence-electron chi connectivity index (χ4n) is 2.93. The molecular formula is C15H10OS. The van der Waals surface area contributed by atoms with Crippen molar-refractivity contribution in [1.29, 1.82) is 0 Å². The van der Waals surface area contributed by atoms with Gasteiger partial charge in [-0.05, 0) is 22.3 Å². The van der Waals surface area contributed by atoms with Crippen LogP contribution in [-0.4, -0.2) is 5.12 Å². The number of carbonyl (C=O) groups excluding carboxylic acids is 1. The lowest BCUT2D eigenvalue weighted by atomic mass is 9.78. The highest BCUT2D eigenvalue weighted by Gasteiger charge is 2.42. The number of hydrogen-bond acceptors (Lipinski definition) is 2. The minimum atomic E-state index is -0.0441. The van der Waals surface area contributed by atoms with Crippen molar-refractivity contribution in [3.05, 3.63) is 70.8 Å². The molecule has 2 heteroatoms. The Hall–Kier alpha value is -1.54. The maximum absolute atomic E-state index is 12.1. The molecule has 82 valence electrons. The van der Waals surface area contributed by atoms with Crippen LogP contribution in [0.25, 0.3) is 0 Å². The summed E-state index contributed by atoms with van der Waals surface area (Å²) >= 11 is 1.48. The summed E-state index contributed by atoms with van der Waals surface area (Å²) in [5.41, 5.74) is 5.06. The van der Waals surface area contributed by atoms with Crippen molar-refractivity contribution in [2.75, 3.05) is 0 Å². The van der Waals surface area contributed by atoms with Gasteiger partial charge in [0, 0.05) is 0 Å². The molecule has 2 aromatic carbocycles. The topological polar surface area (TPSA) is 17.1 Å². The van der Waals surface area contributed by atoms with E-state index >= 15 is 0 Å². The zero-order chi connectivity index (χ0) is 11.4. The molecule has 2 aromatic rings. The van der Waals surface area contributed by atoms with Gasteiger partial charge >= 0.3 is 0 Å². The van der Waals surface area contributed by atoms with Gasteiger partial charge in [0.25, 0.3) is 0 Å². The molecule has 0 amide bonds. The predicted molar refractivity (Wildman–Crippen MR) is 69.2 cm³/mol. The minimum Gasteiger partial charge on any atom is -0.286 e. The highest BCUT2D eigenvalue weighted by Crippen LogP contribution is 2.55. The maximum Gasteiger partial charge on any atom is 0.201 e. The lowest BCUT2D eigenvalue weighted by Crippen LogP contribution is -2.28. The van der Waals surface area contributed by atoms with Gasteiger partial charge in [0.05, 0.1) is 11.2 Å². The number of rotatable bonds is 0. The van der Waals surface area contributed by atoms with Crippen molar-refractivity contribution in [2.45, 2.75) is 11.2 Å². The molecule has 0 radical (unpaired) electrons. The molecule has 1 nitrogen and oxygen atoms in total. The zero-order valence-corrected chi connectivity index (χ0v) is 9.91. The standard InChI is InChI=1S/C15H10OS/c16-15-13-9-5-1-3-7-11(9)14(17-15)12-8-4-2-6-10(12)13/h1-8,13-14H. The summed E-state index contributed by atoms with van der Waals surface area (Å²) in [6.07, 6.45) is 0. The second-order valence-corrected chi connectivity index (χ2v) is 5.62. The van der Waals surface area contributed by atoms with Gasteiger partial charge in [-0.2, -0.15) is 0 Å². The predicted octanol–water partition coefficient (Wildman–Crippen LogP) is 3.49. The minimum absolute atomic E-state index is 0.0441. The summed E-state index contributed by atoms with van der Waals surface area (Å²) in [5, 5.41) is 0.507. The molecule has 5 rings (SSSR count). The van der Waals surface area contributed by atoms with Crippen molar-refractivity contribution >= 4 is 16.9 Å². The maximum atomic E-state index is 12.1. The first kappa shape index (κ1) is 9.49. The van der Waals surface area contributed by atoms with Crippen LogP contribution in [0.2, 0.25) is 0 Å². The average Bonchev–Trinajstić information content (AvgIpc) is 2.39. The van der Waals surface area contributed by atoms with E-state index in [1.807, 2.05) is 12.1 Å². The van der Waals surface area contributed by atoms with Crippen molar-refractivity contribution in [3.8, 4) is 0 Å². The molecule has 0 spiro atoms. The fourth-order valence-corrected chi connectivity index (χ4v) is 4.23. The van der Waals surface area contributed by atoms with Gasteiger partial charge in [-0.3, -0.25) is 4.79 Å². The molecule has 1 aliphatic carbocycles. The number of carbonyl (C=O) groups is 1. The highest BCUT2D eigenvalue weighted by atomic mass is 32.2. The van der Waals surface area contributed by atoms with Crippen LogP contribution in [0.4, 0.5) is 0 Å². The Kier molecular flexibility index (Phi) is 1.80. The largest absolute Gasteiger partial charge is 0.286 e. The summed E-state index contributed by atoms with van der Waals surface area (Å²) in [4.78, 5) is 12.1. The molecule has 2 aliphatic heterocycles. The second kappa shape index (κ2) is 3.23. The number of benzene rings is 2. The third-order valence-corrected chi connectivity index (χ3v) is 4.86. The van der Waals surface area contributed by atoms with E-state index in [-0.39, 0.29) is 11.2 Å². The summed E-state index contributed by atoms with van der Waals surface area (Å²) in [6, 6.07) is 16.7. The SMILES string of the molecule is O=C1SC2c3ccccc3C1c1ccccc12. The lowest BCUT2D eigenvalue weighted by Gasteiger charge is -2.38. The Bertz CT molecular complexity index is 585. The molecule has 2 heterocycles. The highest BCUT2D eigenvalue weighted by molar-refractivity contribution is 8.14. The van der Waals surface area contributed by atoms with Crippen LogP contribution in [0, 0.1) is 0 Å². The van der Waals surface area contributed by atoms with E-state index in [1.54, 1.807) is 0 Å². The number of hydrogen-bond donors (Lipinski definition) is 0. The van der Waals surface area contributed by atoms with E-state index in [4.69, 9.17) is 0 Å².